The SMILES string of the molecule is COS(=O)(=O)C[n+]1ccc(-c2cnn3cnnc3n2)cc1. The van der Waals surface area contributed by atoms with Gasteiger partial charge in [0.25, 0.3) is 11.7 Å². The van der Waals surface area contributed by atoms with Gasteiger partial charge in [-0.1, -0.05) is 0 Å². The average Bonchev–Trinajstić information content (AvgIpc) is 2.95. The second-order valence-electron chi connectivity index (χ2n) is 4.17. The lowest BCUT2D eigenvalue weighted by Gasteiger charge is -2.00. The van der Waals surface area contributed by atoms with Gasteiger partial charge in [-0.05, 0) is 0 Å². The molecule has 0 amide bonds. The lowest BCUT2D eigenvalue weighted by atomic mass is 10.2. The van der Waals surface area contributed by atoms with Crippen molar-refractivity contribution < 1.29 is 17.2 Å². The van der Waals surface area contributed by atoms with Crippen LogP contribution in [0.2, 0.25) is 0 Å². The van der Waals surface area contributed by atoms with E-state index in [4.69, 9.17) is 0 Å². The fourth-order valence-electron chi connectivity index (χ4n) is 1.72. The highest BCUT2D eigenvalue weighted by molar-refractivity contribution is 7.85. The van der Waals surface area contributed by atoms with Gasteiger partial charge in [0, 0.05) is 17.7 Å². The molecule has 0 aromatic carbocycles. The van der Waals surface area contributed by atoms with E-state index in [2.05, 4.69) is 24.5 Å². The van der Waals surface area contributed by atoms with Crippen LogP contribution in [0, 0.1) is 0 Å². The number of fused-ring (bicyclic) bond motifs is 1. The Morgan fingerprint density at radius 1 is 1.33 bits per heavy atom. The third-order valence-electron chi connectivity index (χ3n) is 2.79. The van der Waals surface area contributed by atoms with E-state index < -0.39 is 10.1 Å². The van der Waals surface area contributed by atoms with Gasteiger partial charge < -0.3 is 0 Å². The Morgan fingerprint density at radius 2 is 2.10 bits per heavy atom. The monoisotopic (exact) mass is 307 g/mol. The Balaban J connectivity index is 1.89. The van der Waals surface area contributed by atoms with Crippen molar-refractivity contribution >= 4 is 15.9 Å². The van der Waals surface area contributed by atoms with Crippen molar-refractivity contribution in [3.8, 4) is 11.3 Å². The predicted octanol–water partition coefficient (Wildman–Crippen LogP) is -0.593. The van der Waals surface area contributed by atoms with Crippen molar-refractivity contribution in [3.05, 3.63) is 37.1 Å². The van der Waals surface area contributed by atoms with Crippen molar-refractivity contribution in [2.45, 2.75) is 5.88 Å². The Labute approximate surface area is 120 Å². The van der Waals surface area contributed by atoms with E-state index in [0.29, 0.717) is 11.5 Å². The van der Waals surface area contributed by atoms with Gasteiger partial charge in [-0.2, -0.15) is 22.6 Å². The first-order chi connectivity index (χ1) is 10.1. The highest BCUT2D eigenvalue weighted by atomic mass is 32.2. The molecule has 0 spiro atoms. The first-order valence-electron chi connectivity index (χ1n) is 5.88. The summed E-state index contributed by atoms with van der Waals surface area (Å²) in [4.78, 5) is 4.30. The Bertz CT molecular complexity index is 874. The second kappa shape index (κ2) is 5.14. The van der Waals surface area contributed by atoms with E-state index in [-0.39, 0.29) is 5.88 Å². The summed E-state index contributed by atoms with van der Waals surface area (Å²) in [7, 11) is -2.43. The molecule has 10 heteroatoms. The molecular formula is C11H11N6O3S+. The predicted molar refractivity (Wildman–Crippen MR) is 70.1 cm³/mol. The molecule has 0 radical (unpaired) electrons. The van der Waals surface area contributed by atoms with Crippen LogP contribution in [0.4, 0.5) is 0 Å². The third kappa shape index (κ3) is 2.85. The summed E-state index contributed by atoms with van der Waals surface area (Å²) in [6.07, 6.45) is 6.30. The van der Waals surface area contributed by atoms with Crippen LogP contribution >= 0.6 is 0 Å². The van der Waals surface area contributed by atoms with Crippen LogP contribution in [0.1, 0.15) is 0 Å². The van der Waals surface area contributed by atoms with Crippen molar-refractivity contribution in [3.63, 3.8) is 0 Å². The minimum Gasteiger partial charge on any atom is -0.269 e. The maximum atomic E-state index is 11.4. The van der Waals surface area contributed by atoms with E-state index in [1.165, 1.54) is 15.4 Å². The topological polar surface area (TPSA) is 103 Å². The van der Waals surface area contributed by atoms with Crippen LogP contribution in [0.3, 0.4) is 0 Å². The number of pyridine rings is 1. The van der Waals surface area contributed by atoms with Crippen LogP contribution in [0.5, 0.6) is 0 Å². The molecule has 0 saturated carbocycles. The summed E-state index contributed by atoms with van der Waals surface area (Å²) in [5, 5.41) is 11.6. The summed E-state index contributed by atoms with van der Waals surface area (Å²) >= 11 is 0. The highest BCUT2D eigenvalue weighted by Gasteiger charge is 2.16. The lowest BCUT2D eigenvalue weighted by Crippen LogP contribution is -2.37. The van der Waals surface area contributed by atoms with Gasteiger partial charge in [-0.25, -0.2) is 4.98 Å². The van der Waals surface area contributed by atoms with Crippen molar-refractivity contribution in [2.75, 3.05) is 7.11 Å². The lowest BCUT2D eigenvalue weighted by molar-refractivity contribution is -0.678. The molecule has 0 aliphatic carbocycles. The van der Waals surface area contributed by atoms with Crippen LogP contribution in [0.25, 0.3) is 17.0 Å². The fraction of sp³-hybridized carbons (Fsp3) is 0.182. The quantitative estimate of drug-likeness (QED) is 0.468. The fourth-order valence-corrected chi connectivity index (χ4v) is 2.36. The molecule has 0 atom stereocenters. The summed E-state index contributed by atoms with van der Waals surface area (Å²) in [5.41, 5.74) is 1.41. The van der Waals surface area contributed by atoms with Gasteiger partial charge in [0.2, 0.25) is 0 Å². The first-order valence-corrected chi connectivity index (χ1v) is 7.46. The molecule has 0 fully saturated rings. The highest BCUT2D eigenvalue weighted by Crippen LogP contribution is 2.13. The molecule has 0 bridgehead atoms. The molecule has 108 valence electrons. The maximum absolute atomic E-state index is 11.4. The molecule has 0 N–H and O–H groups in total. The van der Waals surface area contributed by atoms with Crippen molar-refractivity contribution in [1.29, 1.82) is 0 Å². The molecule has 0 unspecified atom stereocenters. The van der Waals surface area contributed by atoms with Crippen molar-refractivity contribution in [2.24, 2.45) is 0 Å². The molecule has 3 heterocycles. The molecule has 3 rings (SSSR count). The average molecular weight is 307 g/mol. The van der Waals surface area contributed by atoms with E-state index in [1.54, 1.807) is 30.7 Å². The number of aromatic nitrogens is 6. The maximum Gasteiger partial charge on any atom is 0.329 e. The van der Waals surface area contributed by atoms with Gasteiger partial charge in [-0.15, -0.1) is 10.2 Å². The van der Waals surface area contributed by atoms with E-state index >= 15 is 0 Å². The Morgan fingerprint density at radius 3 is 2.81 bits per heavy atom. The second-order valence-corrected chi connectivity index (χ2v) is 5.88. The number of hydrogen-bond acceptors (Lipinski definition) is 7. The smallest absolute Gasteiger partial charge is 0.269 e. The van der Waals surface area contributed by atoms with Gasteiger partial charge >= 0.3 is 10.1 Å². The molecular weight excluding hydrogens is 296 g/mol. The molecule has 3 aromatic heterocycles. The third-order valence-corrected chi connectivity index (χ3v) is 3.91. The summed E-state index contributed by atoms with van der Waals surface area (Å²) in [6, 6.07) is 3.48. The van der Waals surface area contributed by atoms with Gasteiger partial charge in [-0.3, -0.25) is 4.18 Å². The minimum atomic E-state index is -3.56. The van der Waals surface area contributed by atoms with Crippen molar-refractivity contribution in [1.82, 2.24) is 24.8 Å². The molecule has 0 saturated heterocycles. The zero-order valence-electron chi connectivity index (χ0n) is 11.0. The van der Waals surface area contributed by atoms with Gasteiger partial charge in [0.15, 0.2) is 12.4 Å². The van der Waals surface area contributed by atoms with Gasteiger partial charge in [0.1, 0.15) is 6.33 Å². The minimum absolute atomic E-state index is 0.251. The normalized spacial score (nSPS) is 11.9. The zero-order chi connectivity index (χ0) is 14.9. The van der Waals surface area contributed by atoms with Gasteiger partial charge in [0.05, 0.1) is 19.0 Å². The van der Waals surface area contributed by atoms with Crippen LogP contribution in [0.15, 0.2) is 37.1 Å². The van der Waals surface area contributed by atoms with E-state index in [9.17, 15) is 8.42 Å². The Kier molecular flexibility index (Phi) is 3.31. The molecule has 3 aromatic rings. The molecule has 21 heavy (non-hydrogen) atoms. The Hall–Kier alpha value is -2.46. The molecule has 9 nitrogen and oxygen atoms in total. The van der Waals surface area contributed by atoms with Crippen LogP contribution < -0.4 is 4.57 Å². The number of hydrogen-bond donors (Lipinski definition) is 0. The zero-order valence-corrected chi connectivity index (χ0v) is 11.8. The summed E-state index contributed by atoms with van der Waals surface area (Å²) in [6.45, 7) is 0. The summed E-state index contributed by atoms with van der Waals surface area (Å²) < 4.78 is 30.1. The van der Waals surface area contributed by atoms with Crippen LogP contribution in [-0.4, -0.2) is 40.3 Å². The van der Waals surface area contributed by atoms with E-state index in [0.717, 1.165) is 12.7 Å². The number of rotatable bonds is 4. The molecule has 0 aliphatic rings. The van der Waals surface area contributed by atoms with Crippen LogP contribution in [-0.2, 0) is 20.2 Å². The largest absolute Gasteiger partial charge is 0.329 e. The number of nitrogens with zero attached hydrogens (tertiary/aromatic N) is 6. The van der Waals surface area contributed by atoms with E-state index in [1.807, 2.05) is 0 Å². The summed E-state index contributed by atoms with van der Waals surface area (Å²) in [5.74, 6) is 0.143. The first kappa shape index (κ1) is 13.5. The standard InChI is InChI=1S/C11H11N6O3S/c1-20-21(18,19)8-16-4-2-9(3-5-16)10-6-13-17-7-12-15-11(17)14-10/h2-7H,8H2,1H3/q+1. The molecule has 0 aliphatic heterocycles.